The van der Waals surface area contributed by atoms with E-state index in [1.54, 1.807) is 19.0 Å². The summed E-state index contributed by atoms with van der Waals surface area (Å²) in [5.41, 5.74) is 0.511. The van der Waals surface area contributed by atoms with E-state index in [1.807, 2.05) is 0 Å². The number of hydrogen-bond acceptors (Lipinski definition) is 13. The largest absolute Gasteiger partial charge is 0.508 e. The highest BCUT2D eigenvalue weighted by Crippen LogP contribution is 2.53. The third kappa shape index (κ3) is 7.17. The molecular formula is C34H43F3N4O11. The van der Waals surface area contributed by atoms with Crippen molar-refractivity contribution in [1.82, 2.24) is 9.80 Å². The highest BCUT2D eigenvalue weighted by molar-refractivity contribution is 6.25. The number of hydrogen-bond donors (Lipinski definition) is 4. The Hall–Kier alpha value is -4.71. The number of esters is 1. The lowest BCUT2D eigenvalue weighted by atomic mass is 9.54. The van der Waals surface area contributed by atoms with Crippen molar-refractivity contribution in [2.24, 2.45) is 28.9 Å². The lowest BCUT2D eigenvalue weighted by Gasteiger charge is -2.52. The van der Waals surface area contributed by atoms with Crippen LogP contribution >= 0.6 is 0 Å². The number of aliphatic hydroxyl groups is 2. The van der Waals surface area contributed by atoms with Gasteiger partial charge in [0, 0.05) is 37.8 Å². The number of nitrogens with two attached hydrogens (primary N) is 1. The maximum absolute atomic E-state index is 14.3. The van der Waals surface area contributed by atoms with Crippen LogP contribution in [0.25, 0.3) is 0 Å². The molecule has 52 heavy (non-hydrogen) atoms. The summed E-state index contributed by atoms with van der Waals surface area (Å²) in [6.45, 7) is 2.02. The zero-order valence-corrected chi connectivity index (χ0v) is 29.8. The lowest BCUT2D eigenvalue weighted by Crippen LogP contribution is -2.68. The van der Waals surface area contributed by atoms with Gasteiger partial charge in [0.2, 0.25) is 6.79 Å². The van der Waals surface area contributed by atoms with Crippen LogP contribution in [0.3, 0.4) is 0 Å². The fraction of sp³-hybridized carbons (Fsp3) is 0.588. The number of carbonyl (C=O) groups excluding carboxylic acids is 6. The molecule has 286 valence electrons. The van der Waals surface area contributed by atoms with Crippen LogP contribution in [0.1, 0.15) is 55.1 Å². The molecule has 1 fully saturated rings. The van der Waals surface area contributed by atoms with E-state index in [-0.39, 0.29) is 24.0 Å². The van der Waals surface area contributed by atoms with Crippen molar-refractivity contribution in [1.29, 1.82) is 0 Å². The van der Waals surface area contributed by atoms with Gasteiger partial charge in [0.1, 0.15) is 17.1 Å². The molecule has 0 radical (unpaired) electrons. The summed E-state index contributed by atoms with van der Waals surface area (Å²) in [6, 6.07) is 0.0878. The first-order chi connectivity index (χ1) is 23.8. The van der Waals surface area contributed by atoms with E-state index in [0.29, 0.717) is 10.6 Å². The quantitative estimate of drug-likeness (QED) is 0.123. The van der Waals surface area contributed by atoms with Crippen molar-refractivity contribution in [3.05, 3.63) is 34.1 Å². The fourth-order valence-corrected chi connectivity index (χ4v) is 7.23. The number of halogens is 3. The number of amides is 2. The smallest absolute Gasteiger partial charge is 0.412 e. The second kappa shape index (κ2) is 14.0. The highest BCUT2D eigenvalue weighted by atomic mass is 19.4. The highest BCUT2D eigenvalue weighted by Gasteiger charge is 2.66. The molecule has 3 unspecified atom stereocenters. The van der Waals surface area contributed by atoms with Crippen LogP contribution in [0.15, 0.2) is 17.4 Å². The number of carbonyl (C=O) groups is 6. The van der Waals surface area contributed by atoms with Crippen LogP contribution in [0.4, 0.5) is 23.7 Å². The summed E-state index contributed by atoms with van der Waals surface area (Å²) in [4.78, 5) is 82.7. The van der Waals surface area contributed by atoms with Gasteiger partial charge in [0.25, 0.3) is 5.91 Å². The van der Waals surface area contributed by atoms with E-state index in [9.17, 15) is 57.3 Å². The summed E-state index contributed by atoms with van der Waals surface area (Å²) >= 11 is 0. The van der Waals surface area contributed by atoms with Crippen molar-refractivity contribution in [2.75, 3.05) is 46.4 Å². The van der Waals surface area contributed by atoms with Gasteiger partial charge in [-0.05, 0) is 65.3 Å². The second-order valence-corrected chi connectivity index (χ2v) is 14.8. The van der Waals surface area contributed by atoms with Gasteiger partial charge in [-0.2, -0.15) is 13.2 Å². The average Bonchev–Trinajstić information content (AvgIpc) is 3.00. The zero-order chi connectivity index (χ0) is 39.4. The van der Waals surface area contributed by atoms with Crippen LogP contribution < -0.4 is 10.6 Å². The number of rotatable bonds is 9. The molecule has 1 saturated carbocycles. The number of aromatic hydroxyl groups is 1. The Bertz CT molecular complexity index is 1730. The number of fused-ring (bicyclic) bond motifs is 3. The topological polar surface area (TPSA) is 217 Å². The van der Waals surface area contributed by atoms with Crippen molar-refractivity contribution in [3.63, 3.8) is 0 Å². The number of nitrogens with zero attached hydrogens (tertiary/aromatic N) is 3. The third-order valence-corrected chi connectivity index (χ3v) is 9.73. The van der Waals surface area contributed by atoms with Gasteiger partial charge in [-0.1, -0.05) is 0 Å². The number of Topliss-reactive ketones (excluding diaryl/α,β-unsaturated/α-hetero) is 3. The lowest BCUT2D eigenvalue weighted by molar-refractivity contribution is -0.164. The Labute approximate surface area is 297 Å². The molecule has 15 nitrogen and oxygen atoms in total. The molecule has 0 aromatic heterocycles. The number of phenolic OH excluding ortho intramolecular Hbond substituents is 1. The molecule has 1 aromatic rings. The van der Waals surface area contributed by atoms with Crippen molar-refractivity contribution >= 4 is 41.0 Å². The van der Waals surface area contributed by atoms with Gasteiger partial charge in [0.15, 0.2) is 23.0 Å². The van der Waals surface area contributed by atoms with E-state index in [1.165, 1.54) is 45.8 Å². The molecule has 0 heterocycles. The molecule has 1 aromatic carbocycles. The number of alkyl halides is 3. The van der Waals surface area contributed by atoms with Crippen LogP contribution in [0.5, 0.6) is 5.75 Å². The monoisotopic (exact) mass is 740 g/mol. The molecule has 2 amide bonds. The minimum Gasteiger partial charge on any atom is -0.508 e. The van der Waals surface area contributed by atoms with Gasteiger partial charge in [-0.25, -0.2) is 4.79 Å². The third-order valence-electron chi connectivity index (χ3n) is 9.73. The number of aliphatic hydroxyl groups excluding tert-OH is 1. The van der Waals surface area contributed by atoms with Crippen LogP contribution in [-0.4, -0.2) is 120 Å². The Kier molecular flexibility index (Phi) is 10.8. The molecule has 3 aliphatic rings. The first kappa shape index (κ1) is 40.1. The number of phenols is 1. The molecule has 5 atom stereocenters. The van der Waals surface area contributed by atoms with Gasteiger partial charge < -0.3 is 40.3 Å². The number of ketones is 3. The van der Waals surface area contributed by atoms with E-state index in [4.69, 9.17) is 15.2 Å². The van der Waals surface area contributed by atoms with Crippen molar-refractivity contribution < 1.29 is 66.7 Å². The maximum Gasteiger partial charge on any atom is 0.412 e. The number of anilines is 1. The molecule has 0 spiro atoms. The van der Waals surface area contributed by atoms with Crippen LogP contribution in [-0.2, 0) is 41.6 Å². The molecule has 18 heteroatoms. The molecule has 0 aliphatic heterocycles. The zero-order valence-electron chi connectivity index (χ0n) is 29.8. The van der Waals surface area contributed by atoms with Crippen LogP contribution in [0.2, 0.25) is 0 Å². The number of ether oxygens (including phenoxy) is 2. The molecule has 3 aliphatic carbocycles. The fourth-order valence-electron chi connectivity index (χ4n) is 7.23. The van der Waals surface area contributed by atoms with E-state index in [0.717, 1.165) is 0 Å². The number of benzene rings is 1. The van der Waals surface area contributed by atoms with Gasteiger partial charge in [-0.3, -0.25) is 28.9 Å². The van der Waals surface area contributed by atoms with E-state index < -0.39 is 125 Å². The first-order valence-corrected chi connectivity index (χ1v) is 16.3. The number of likely N-dealkylation sites (N-methyl/N-ethyl adjacent to an activating group) is 1. The van der Waals surface area contributed by atoms with Crippen molar-refractivity contribution in [2.45, 2.75) is 64.4 Å². The summed E-state index contributed by atoms with van der Waals surface area (Å²) in [7, 11) is 6.12. The van der Waals surface area contributed by atoms with Gasteiger partial charge >= 0.3 is 18.2 Å². The predicted molar refractivity (Wildman–Crippen MR) is 175 cm³/mol. The SMILES string of the molecule is CN(C)c1cc(CN(CCC(F)(F)F)C(=O)OCOC(=O)C(C)(C)C)c(O)c2c1CC1CC3[C@H](N(C)C)C(=O)C(C(N)=O)=C(O)[C@@]3(O)C(=O)C1C2=O. The molecule has 0 saturated heterocycles. The average molecular weight is 741 g/mol. The second-order valence-electron chi connectivity index (χ2n) is 14.8. The number of primary amides is 1. The Morgan fingerprint density at radius 3 is 2.15 bits per heavy atom. The van der Waals surface area contributed by atoms with Gasteiger partial charge in [-0.15, -0.1) is 0 Å². The molecule has 0 bridgehead atoms. The maximum atomic E-state index is 14.3. The first-order valence-electron chi connectivity index (χ1n) is 16.3. The molecule has 5 N–H and O–H groups in total. The van der Waals surface area contributed by atoms with Crippen LogP contribution in [0, 0.1) is 23.2 Å². The van der Waals surface area contributed by atoms with Gasteiger partial charge in [0.05, 0.1) is 35.9 Å². The summed E-state index contributed by atoms with van der Waals surface area (Å²) < 4.78 is 49.7. The summed E-state index contributed by atoms with van der Waals surface area (Å²) in [6.07, 6.45) is -7.72. The molecule has 4 rings (SSSR count). The minimum absolute atomic E-state index is 0.0497. The molecular weight excluding hydrogens is 697 g/mol. The summed E-state index contributed by atoms with van der Waals surface area (Å²) in [5.74, 6) is -11.1. The standard InChI is InChI=1S/C34H43F3N4O11/c1-32(2,3)30(48)51-14-52-31(49)41(9-8-33(35,36)37)13-16-12-19(39(4)5)17-10-15-11-18-23(40(6)7)26(44)22(29(38)47)28(46)34(18,50)27(45)20(15)25(43)21(17)24(16)42/h12,15,18,20,23,42,46,50H,8-11,13-14H2,1-7H3,(H2,38,47)/t15?,18?,20?,23-,34-/m0/s1. The van der Waals surface area contributed by atoms with Crippen molar-refractivity contribution in [3.8, 4) is 5.75 Å². The predicted octanol–water partition coefficient (Wildman–Crippen LogP) is 2.00. The Morgan fingerprint density at radius 1 is 1.02 bits per heavy atom. The van der Waals surface area contributed by atoms with E-state index >= 15 is 0 Å². The normalized spacial score (nSPS) is 24.6. The summed E-state index contributed by atoms with van der Waals surface area (Å²) in [5, 5.41) is 34.5. The van der Waals surface area contributed by atoms with E-state index in [2.05, 4.69) is 0 Å². The Morgan fingerprint density at radius 2 is 1.63 bits per heavy atom. The Balaban J connectivity index is 1.78. The minimum atomic E-state index is -4.71.